The molecule has 40 heavy (non-hydrogen) atoms. The predicted octanol–water partition coefficient (Wildman–Crippen LogP) is 7.32. The first-order chi connectivity index (χ1) is 19.4. The molecule has 0 aliphatic heterocycles. The molecule has 4 rings (SSSR count). The summed E-state index contributed by atoms with van der Waals surface area (Å²) in [5.74, 6) is 1.36. The second-order valence-corrected chi connectivity index (χ2v) is 12.0. The van der Waals surface area contributed by atoms with E-state index in [1.54, 1.807) is 18.1 Å². The fraction of sp³-hybridized carbons (Fsp3) is 0.375. The number of nitrogens with zero attached hydrogens (tertiary/aromatic N) is 1. The highest BCUT2D eigenvalue weighted by molar-refractivity contribution is 7.99. The zero-order valence-electron chi connectivity index (χ0n) is 22.8. The van der Waals surface area contributed by atoms with Crippen LogP contribution < -0.4 is 10.1 Å². The third kappa shape index (κ3) is 8.92. The maximum atomic E-state index is 13.9. The highest BCUT2D eigenvalue weighted by Crippen LogP contribution is 2.26. The molecule has 0 saturated heterocycles. The van der Waals surface area contributed by atoms with Gasteiger partial charge in [0.15, 0.2) is 0 Å². The number of thioether (sulfide) groups is 1. The molecule has 0 aromatic heterocycles. The monoisotopic (exact) mass is 598 g/mol. The van der Waals surface area contributed by atoms with Gasteiger partial charge in [0.2, 0.25) is 11.8 Å². The summed E-state index contributed by atoms with van der Waals surface area (Å²) in [5, 5.41) is 4.28. The first-order valence-electron chi connectivity index (χ1n) is 13.7. The van der Waals surface area contributed by atoms with E-state index in [0.717, 1.165) is 42.4 Å². The van der Waals surface area contributed by atoms with Crippen LogP contribution in [0.3, 0.4) is 0 Å². The number of hydrogen-bond donors (Lipinski definition) is 1. The Kier molecular flexibility index (Phi) is 11.6. The third-order valence-corrected chi connectivity index (χ3v) is 8.92. The molecule has 1 aliphatic carbocycles. The van der Waals surface area contributed by atoms with Crippen LogP contribution in [0.15, 0.2) is 72.8 Å². The average molecular weight is 600 g/mol. The second-order valence-electron chi connectivity index (χ2n) is 10.2. The van der Waals surface area contributed by atoms with Crippen molar-refractivity contribution in [2.24, 2.45) is 0 Å². The molecule has 1 atom stereocenters. The smallest absolute Gasteiger partial charge is 0.243 e. The molecule has 0 spiro atoms. The van der Waals surface area contributed by atoms with Crippen molar-refractivity contribution in [1.82, 2.24) is 10.2 Å². The van der Waals surface area contributed by atoms with Gasteiger partial charge in [0.05, 0.1) is 22.9 Å². The van der Waals surface area contributed by atoms with Gasteiger partial charge in [-0.1, -0.05) is 91.0 Å². The number of halogens is 2. The van der Waals surface area contributed by atoms with Crippen LogP contribution in [0, 0.1) is 0 Å². The summed E-state index contributed by atoms with van der Waals surface area (Å²) in [6, 6.07) is 22.6. The average Bonchev–Trinajstić information content (AvgIpc) is 2.97. The molecular weight excluding hydrogens is 563 g/mol. The predicted molar refractivity (Wildman–Crippen MR) is 165 cm³/mol. The Hall–Kier alpha value is -2.67. The minimum absolute atomic E-state index is 0.0902. The number of hydrogen-bond acceptors (Lipinski definition) is 4. The lowest BCUT2D eigenvalue weighted by molar-refractivity contribution is -0.139. The van der Waals surface area contributed by atoms with Gasteiger partial charge >= 0.3 is 0 Å². The quantitative estimate of drug-likeness (QED) is 0.237. The van der Waals surface area contributed by atoms with Crippen molar-refractivity contribution in [1.29, 1.82) is 0 Å². The van der Waals surface area contributed by atoms with E-state index in [4.69, 9.17) is 27.9 Å². The Balaban J connectivity index is 1.57. The van der Waals surface area contributed by atoms with Crippen LogP contribution in [0.4, 0.5) is 0 Å². The molecule has 5 nitrogen and oxygen atoms in total. The van der Waals surface area contributed by atoms with Gasteiger partial charge < -0.3 is 15.0 Å². The fourth-order valence-electron chi connectivity index (χ4n) is 5.03. The maximum Gasteiger partial charge on any atom is 0.243 e. The van der Waals surface area contributed by atoms with E-state index in [2.05, 4.69) is 5.32 Å². The van der Waals surface area contributed by atoms with E-state index < -0.39 is 6.04 Å². The summed E-state index contributed by atoms with van der Waals surface area (Å²) in [4.78, 5) is 29.5. The van der Waals surface area contributed by atoms with Crippen molar-refractivity contribution in [3.63, 3.8) is 0 Å². The third-order valence-electron chi connectivity index (χ3n) is 7.19. The molecule has 2 amide bonds. The van der Waals surface area contributed by atoms with Crippen LogP contribution in [0.25, 0.3) is 0 Å². The van der Waals surface area contributed by atoms with Crippen molar-refractivity contribution in [2.75, 3.05) is 12.9 Å². The van der Waals surface area contributed by atoms with Crippen molar-refractivity contribution < 1.29 is 14.3 Å². The Bertz CT molecular complexity index is 1270. The van der Waals surface area contributed by atoms with E-state index in [0.29, 0.717) is 34.5 Å². The molecule has 1 saturated carbocycles. The van der Waals surface area contributed by atoms with Crippen LogP contribution in [-0.2, 0) is 28.3 Å². The first kappa shape index (κ1) is 30.3. The van der Waals surface area contributed by atoms with Crippen molar-refractivity contribution >= 4 is 46.8 Å². The summed E-state index contributed by atoms with van der Waals surface area (Å²) in [6.45, 7) is 0.305. The number of carbonyl (C=O) groups is 2. The molecule has 212 valence electrons. The van der Waals surface area contributed by atoms with Gasteiger partial charge in [0.25, 0.3) is 0 Å². The lowest BCUT2D eigenvalue weighted by atomic mass is 9.94. The molecule has 0 bridgehead atoms. The lowest BCUT2D eigenvalue weighted by Gasteiger charge is -2.33. The molecule has 1 fully saturated rings. The number of nitrogens with one attached hydrogen (secondary N) is 1. The van der Waals surface area contributed by atoms with Crippen LogP contribution in [0.2, 0.25) is 10.0 Å². The first-order valence-corrected chi connectivity index (χ1v) is 15.6. The van der Waals surface area contributed by atoms with Gasteiger partial charge in [0, 0.05) is 24.8 Å². The standard InChI is InChI=1S/C32H36Cl2N2O3S/c1-39-27-14-8-11-24(17-27)20-36(31(37)22-40-21-25-15-16-28(33)29(34)18-25)30(19-23-9-4-2-5-10-23)32(38)35-26-12-6-3-7-13-26/h2,4-5,8-11,14-18,26,30H,3,6-7,12-13,19-22H2,1H3,(H,35,38)/t30-/m0/s1. The van der Waals surface area contributed by atoms with Crippen molar-refractivity contribution in [2.45, 2.75) is 62.9 Å². The number of amides is 2. The number of ether oxygens (including phenoxy) is 1. The number of rotatable bonds is 12. The molecule has 3 aromatic rings. The summed E-state index contributed by atoms with van der Waals surface area (Å²) >= 11 is 13.7. The van der Waals surface area contributed by atoms with E-state index in [-0.39, 0.29) is 23.6 Å². The zero-order valence-corrected chi connectivity index (χ0v) is 25.1. The highest BCUT2D eigenvalue weighted by Gasteiger charge is 2.32. The molecule has 8 heteroatoms. The SMILES string of the molecule is COc1cccc(CN(C(=O)CSCc2ccc(Cl)c(Cl)c2)[C@@H](Cc2ccccc2)C(=O)NC2CCCCC2)c1. The van der Waals surface area contributed by atoms with E-state index in [1.165, 1.54) is 18.2 Å². The molecule has 0 radical (unpaired) electrons. The Morgan fingerprint density at radius 2 is 1.68 bits per heavy atom. The van der Waals surface area contributed by atoms with Crippen LogP contribution in [0.5, 0.6) is 5.75 Å². The maximum absolute atomic E-state index is 13.9. The van der Waals surface area contributed by atoms with E-state index in [1.807, 2.05) is 66.7 Å². The van der Waals surface area contributed by atoms with Gasteiger partial charge in [-0.2, -0.15) is 0 Å². The van der Waals surface area contributed by atoms with Gasteiger partial charge in [-0.3, -0.25) is 9.59 Å². The van der Waals surface area contributed by atoms with Crippen LogP contribution in [-0.4, -0.2) is 41.7 Å². The highest BCUT2D eigenvalue weighted by atomic mass is 35.5. The van der Waals surface area contributed by atoms with Gasteiger partial charge in [-0.25, -0.2) is 0 Å². The molecule has 3 aromatic carbocycles. The fourth-order valence-corrected chi connectivity index (χ4v) is 6.21. The van der Waals surface area contributed by atoms with Crippen LogP contribution in [0.1, 0.15) is 48.8 Å². The summed E-state index contributed by atoms with van der Waals surface area (Å²) < 4.78 is 5.43. The Morgan fingerprint density at radius 3 is 2.40 bits per heavy atom. The summed E-state index contributed by atoms with van der Waals surface area (Å²) in [7, 11) is 1.62. The van der Waals surface area contributed by atoms with Crippen LogP contribution >= 0.6 is 35.0 Å². The minimum atomic E-state index is -0.645. The second kappa shape index (κ2) is 15.4. The topological polar surface area (TPSA) is 58.6 Å². The largest absolute Gasteiger partial charge is 0.497 e. The summed E-state index contributed by atoms with van der Waals surface area (Å²) in [5.41, 5.74) is 2.91. The molecular formula is C32H36Cl2N2O3S. The molecule has 1 aliphatic rings. The van der Waals surface area contributed by atoms with E-state index >= 15 is 0 Å². The van der Waals surface area contributed by atoms with Crippen molar-refractivity contribution in [3.05, 3.63) is 99.5 Å². The van der Waals surface area contributed by atoms with Gasteiger partial charge in [0.1, 0.15) is 11.8 Å². The van der Waals surface area contributed by atoms with E-state index in [9.17, 15) is 9.59 Å². The number of benzene rings is 3. The van der Waals surface area contributed by atoms with Crippen molar-refractivity contribution in [3.8, 4) is 5.75 Å². The van der Waals surface area contributed by atoms with Gasteiger partial charge in [-0.05, 0) is 53.8 Å². The zero-order chi connectivity index (χ0) is 28.3. The lowest BCUT2D eigenvalue weighted by Crippen LogP contribution is -2.53. The molecule has 0 unspecified atom stereocenters. The normalized spacial score (nSPS) is 14.4. The Labute approximate surface area is 251 Å². The summed E-state index contributed by atoms with van der Waals surface area (Å²) in [6.07, 6.45) is 5.83. The minimum Gasteiger partial charge on any atom is -0.497 e. The Morgan fingerprint density at radius 1 is 0.925 bits per heavy atom. The molecule has 1 N–H and O–H groups in total. The number of carbonyl (C=O) groups excluding carboxylic acids is 2. The van der Waals surface area contributed by atoms with Gasteiger partial charge in [-0.15, -0.1) is 11.8 Å². The number of methoxy groups -OCH3 is 1. The molecule has 0 heterocycles.